The van der Waals surface area contributed by atoms with Crippen molar-refractivity contribution in [2.75, 3.05) is 19.0 Å². The molecule has 0 N–H and O–H groups in total. The van der Waals surface area contributed by atoms with E-state index in [1.807, 2.05) is 37.2 Å². The lowest BCUT2D eigenvalue weighted by Crippen LogP contribution is -2.10. The molecule has 4 aromatic rings. The number of esters is 1. The summed E-state index contributed by atoms with van der Waals surface area (Å²) in [5.74, 6) is -0.519. The Morgan fingerprint density at radius 1 is 0.912 bits per heavy atom. The van der Waals surface area contributed by atoms with Gasteiger partial charge in [0.05, 0.1) is 16.1 Å². The van der Waals surface area contributed by atoms with Gasteiger partial charge in [-0.2, -0.15) is 0 Å². The molecule has 0 fully saturated rings. The fraction of sp³-hybridized carbons (Fsp3) is 0.148. The molecule has 1 heterocycles. The summed E-state index contributed by atoms with van der Waals surface area (Å²) < 4.78 is 5.50. The van der Waals surface area contributed by atoms with Crippen LogP contribution in [-0.4, -0.2) is 25.0 Å². The highest BCUT2D eigenvalue weighted by molar-refractivity contribution is 7.18. The van der Waals surface area contributed by atoms with Crippen LogP contribution >= 0.6 is 11.3 Å². The number of nitro benzene ring substituents is 1. The van der Waals surface area contributed by atoms with Crippen molar-refractivity contribution in [3.8, 4) is 20.9 Å². The number of hydrogen-bond donors (Lipinski definition) is 0. The van der Waals surface area contributed by atoms with E-state index in [0.29, 0.717) is 11.1 Å². The minimum absolute atomic E-state index is 0.0730. The Morgan fingerprint density at radius 3 is 2.15 bits per heavy atom. The second-order valence-electron chi connectivity index (χ2n) is 8.05. The standard InChI is InChI=1S/C27H24N2O4S/c1-18(33-27(30)20-7-5-4-6-8-20)23-14-11-21(17-24(23)29(31)32)26-16-15-25(34-26)19-9-12-22(13-10-19)28(2)3/h4-18H,1-3H3. The van der Waals surface area contributed by atoms with Gasteiger partial charge in [0, 0.05) is 35.6 Å². The van der Waals surface area contributed by atoms with Crippen LogP contribution in [0.15, 0.2) is 84.9 Å². The van der Waals surface area contributed by atoms with Gasteiger partial charge in [-0.1, -0.05) is 36.4 Å². The molecule has 6 nitrogen and oxygen atoms in total. The lowest BCUT2D eigenvalue weighted by molar-refractivity contribution is -0.386. The number of nitro groups is 1. The largest absolute Gasteiger partial charge is 0.454 e. The van der Waals surface area contributed by atoms with Crippen LogP contribution in [0.3, 0.4) is 0 Å². The molecule has 34 heavy (non-hydrogen) atoms. The monoisotopic (exact) mass is 472 g/mol. The number of anilines is 1. The van der Waals surface area contributed by atoms with Crippen LogP contribution in [0.1, 0.15) is 28.9 Å². The summed E-state index contributed by atoms with van der Waals surface area (Å²) in [5.41, 5.74) is 3.64. The first-order valence-electron chi connectivity index (χ1n) is 10.8. The molecule has 0 aliphatic carbocycles. The van der Waals surface area contributed by atoms with Crippen molar-refractivity contribution in [3.05, 3.63) is 106 Å². The van der Waals surface area contributed by atoms with Gasteiger partial charge in [0.2, 0.25) is 0 Å². The quantitative estimate of drug-likeness (QED) is 0.165. The van der Waals surface area contributed by atoms with Gasteiger partial charge >= 0.3 is 5.97 Å². The van der Waals surface area contributed by atoms with Crippen molar-refractivity contribution in [3.63, 3.8) is 0 Å². The maximum Gasteiger partial charge on any atom is 0.338 e. The summed E-state index contributed by atoms with van der Waals surface area (Å²) in [4.78, 5) is 27.9. The van der Waals surface area contributed by atoms with E-state index < -0.39 is 17.0 Å². The Bertz CT molecular complexity index is 1310. The van der Waals surface area contributed by atoms with Gasteiger partial charge in [0.25, 0.3) is 5.69 Å². The molecule has 0 saturated heterocycles. The number of nitrogens with zero attached hydrogens (tertiary/aromatic N) is 2. The van der Waals surface area contributed by atoms with E-state index in [1.54, 1.807) is 60.7 Å². The Balaban J connectivity index is 1.58. The molecule has 0 aliphatic heterocycles. The zero-order valence-corrected chi connectivity index (χ0v) is 19.9. The molecule has 7 heteroatoms. The van der Waals surface area contributed by atoms with E-state index in [1.165, 1.54) is 0 Å². The van der Waals surface area contributed by atoms with Crippen molar-refractivity contribution >= 4 is 28.7 Å². The summed E-state index contributed by atoms with van der Waals surface area (Å²) in [6, 6.07) is 25.9. The minimum atomic E-state index is -0.767. The van der Waals surface area contributed by atoms with Crippen LogP contribution in [-0.2, 0) is 4.74 Å². The first-order valence-corrected chi connectivity index (χ1v) is 11.6. The maximum atomic E-state index is 12.4. The number of rotatable bonds is 7. The summed E-state index contributed by atoms with van der Waals surface area (Å²) in [7, 11) is 4.00. The molecular formula is C27H24N2O4S. The van der Waals surface area contributed by atoms with Crippen molar-refractivity contribution in [1.29, 1.82) is 0 Å². The molecule has 1 aromatic heterocycles. The average molecular weight is 473 g/mol. The van der Waals surface area contributed by atoms with Crippen molar-refractivity contribution in [2.45, 2.75) is 13.0 Å². The molecule has 0 saturated carbocycles. The van der Waals surface area contributed by atoms with E-state index in [9.17, 15) is 14.9 Å². The molecule has 172 valence electrons. The van der Waals surface area contributed by atoms with Gasteiger partial charge in [-0.3, -0.25) is 10.1 Å². The molecule has 1 atom stereocenters. The molecule has 0 aliphatic rings. The topological polar surface area (TPSA) is 72.7 Å². The van der Waals surface area contributed by atoms with Gasteiger partial charge in [0.1, 0.15) is 6.10 Å². The Labute approximate surface area is 202 Å². The van der Waals surface area contributed by atoms with Crippen LogP contribution in [0.5, 0.6) is 0 Å². The number of carbonyl (C=O) groups excluding carboxylic acids is 1. The average Bonchev–Trinajstić information content (AvgIpc) is 3.34. The Kier molecular flexibility index (Phi) is 6.75. The van der Waals surface area contributed by atoms with Crippen LogP contribution < -0.4 is 4.90 Å². The molecule has 0 bridgehead atoms. The lowest BCUT2D eigenvalue weighted by atomic mass is 10.0. The first-order chi connectivity index (χ1) is 16.3. The van der Waals surface area contributed by atoms with Crippen LogP contribution in [0, 0.1) is 10.1 Å². The van der Waals surface area contributed by atoms with Crippen molar-refractivity contribution in [2.24, 2.45) is 0 Å². The fourth-order valence-electron chi connectivity index (χ4n) is 3.64. The predicted octanol–water partition coefficient (Wildman–Crippen LogP) is 6.97. The first kappa shape index (κ1) is 23.2. The highest BCUT2D eigenvalue weighted by atomic mass is 32.1. The smallest absolute Gasteiger partial charge is 0.338 e. The van der Waals surface area contributed by atoms with Crippen LogP contribution in [0.25, 0.3) is 20.9 Å². The van der Waals surface area contributed by atoms with Gasteiger partial charge in [0.15, 0.2) is 0 Å². The third kappa shape index (κ3) is 5.00. The van der Waals surface area contributed by atoms with Gasteiger partial charge < -0.3 is 9.64 Å². The minimum Gasteiger partial charge on any atom is -0.454 e. The molecular weight excluding hydrogens is 448 g/mol. The van der Waals surface area contributed by atoms with E-state index >= 15 is 0 Å². The van der Waals surface area contributed by atoms with E-state index in [2.05, 4.69) is 24.3 Å². The SMILES string of the molecule is CC(OC(=O)c1ccccc1)c1ccc(-c2ccc(-c3ccc(N(C)C)cc3)s2)cc1[N+](=O)[O-]. The molecule has 4 rings (SSSR count). The Hall–Kier alpha value is -3.97. The van der Waals surface area contributed by atoms with Crippen LogP contribution in [0.4, 0.5) is 11.4 Å². The Morgan fingerprint density at radius 2 is 1.53 bits per heavy atom. The predicted molar refractivity (Wildman–Crippen MR) is 136 cm³/mol. The second kappa shape index (κ2) is 9.89. The number of benzene rings is 3. The van der Waals surface area contributed by atoms with Crippen molar-refractivity contribution < 1.29 is 14.5 Å². The molecule has 3 aromatic carbocycles. The van der Waals surface area contributed by atoms with Gasteiger partial charge in [-0.05, 0) is 60.5 Å². The van der Waals surface area contributed by atoms with Gasteiger partial charge in [-0.15, -0.1) is 11.3 Å². The van der Waals surface area contributed by atoms with E-state index in [0.717, 1.165) is 26.6 Å². The number of ether oxygens (including phenoxy) is 1. The third-order valence-corrected chi connectivity index (χ3v) is 6.70. The zero-order valence-electron chi connectivity index (χ0n) is 19.1. The third-order valence-electron chi connectivity index (χ3n) is 5.52. The number of hydrogen-bond acceptors (Lipinski definition) is 6. The summed E-state index contributed by atoms with van der Waals surface area (Å²) in [5, 5.41) is 11.8. The summed E-state index contributed by atoms with van der Waals surface area (Å²) >= 11 is 1.57. The number of thiophene rings is 1. The molecule has 0 radical (unpaired) electrons. The van der Waals surface area contributed by atoms with Crippen LogP contribution in [0.2, 0.25) is 0 Å². The van der Waals surface area contributed by atoms with Gasteiger partial charge in [-0.25, -0.2) is 4.79 Å². The highest BCUT2D eigenvalue weighted by Crippen LogP contribution is 2.38. The summed E-state index contributed by atoms with van der Waals surface area (Å²) in [6.07, 6.45) is -0.767. The normalized spacial score (nSPS) is 11.6. The molecule has 0 spiro atoms. The highest BCUT2D eigenvalue weighted by Gasteiger charge is 2.23. The zero-order chi connectivity index (χ0) is 24.2. The summed E-state index contributed by atoms with van der Waals surface area (Å²) in [6.45, 7) is 1.64. The van der Waals surface area contributed by atoms with E-state index in [4.69, 9.17) is 4.74 Å². The number of carbonyl (C=O) groups is 1. The molecule has 0 amide bonds. The molecule has 1 unspecified atom stereocenters. The van der Waals surface area contributed by atoms with E-state index in [-0.39, 0.29) is 5.69 Å². The lowest BCUT2D eigenvalue weighted by Gasteiger charge is -2.14. The fourth-order valence-corrected chi connectivity index (χ4v) is 4.64. The van der Waals surface area contributed by atoms with Crippen molar-refractivity contribution in [1.82, 2.24) is 0 Å². The second-order valence-corrected chi connectivity index (χ2v) is 9.13. The maximum absolute atomic E-state index is 12.4.